The van der Waals surface area contributed by atoms with Crippen LogP contribution in [0.5, 0.6) is 0 Å². The van der Waals surface area contributed by atoms with Gasteiger partial charge in [0.2, 0.25) is 0 Å². The minimum Gasteiger partial charge on any atom is -0.309 e. The second kappa shape index (κ2) is 12.2. The molecular weight excluding hydrogens is 705 g/mol. The Kier molecular flexibility index (Phi) is 7.26. The van der Waals surface area contributed by atoms with Crippen LogP contribution in [0.2, 0.25) is 0 Å². The van der Waals surface area contributed by atoms with Gasteiger partial charge in [0, 0.05) is 44.0 Å². The monoisotopic (exact) mass is 748 g/mol. The van der Waals surface area contributed by atoms with Crippen molar-refractivity contribution in [1.82, 2.24) is 19.5 Å². The van der Waals surface area contributed by atoms with Gasteiger partial charge in [0.25, 0.3) is 0 Å². The van der Waals surface area contributed by atoms with Gasteiger partial charge in [0.05, 0.1) is 11.0 Å². The van der Waals surface area contributed by atoms with Gasteiger partial charge in [0.1, 0.15) is 0 Å². The van der Waals surface area contributed by atoms with Crippen LogP contribution < -0.4 is 0 Å². The van der Waals surface area contributed by atoms with Gasteiger partial charge in [-0.2, -0.15) is 0 Å². The van der Waals surface area contributed by atoms with Gasteiger partial charge in [-0.25, -0.2) is 15.0 Å². The maximum atomic E-state index is 5.25. The lowest BCUT2D eigenvalue weighted by Gasteiger charge is -2.48. The average Bonchev–Trinajstić information content (AvgIpc) is 3.71. The molecule has 0 radical (unpaired) electrons. The molecule has 0 spiro atoms. The van der Waals surface area contributed by atoms with Crippen molar-refractivity contribution in [2.24, 2.45) is 0 Å². The van der Waals surface area contributed by atoms with E-state index in [1.54, 1.807) is 0 Å². The fraction of sp³-hybridized carbons (Fsp3) is 0.167. The Morgan fingerprint density at radius 3 is 1.72 bits per heavy atom. The molecule has 58 heavy (non-hydrogen) atoms. The highest BCUT2D eigenvalue weighted by Gasteiger charge is 2.47. The molecule has 0 amide bonds. The number of para-hydroxylation sites is 1. The fourth-order valence-corrected chi connectivity index (χ4v) is 10.1. The molecule has 0 saturated carbocycles. The van der Waals surface area contributed by atoms with Gasteiger partial charge in [-0.1, -0.05) is 169 Å². The summed E-state index contributed by atoms with van der Waals surface area (Å²) in [6, 6.07) is 56.9. The molecule has 7 aromatic carbocycles. The molecule has 0 unspecified atom stereocenters. The summed E-state index contributed by atoms with van der Waals surface area (Å²) in [6.45, 7) is 14.3. The smallest absolute Gasteiger partial charge is 0.164 e. The van der Waals surface area contributed by atoms with E-state index < -0.39 is 0 Å². The standard InChI is InChI=1S/C54H44N4/c1-52(2)42-24-13-10-21-37(42)39-28-27-35(32-44(39)52)51-56-49(33-17-8-7-9-18-33)55-50(57-51)34-19-16-20-36(31-34)58-45-26-15-12-23-41(45)47-46(58)30-29-40-38-22-11-14-25-43(38)53(3,4)54(5,6)48(40)47/h7-32H,1-6H3. The van der Waals surface area contributed by atoms with E-state index in [4.69, 9.17) is 15.0 Å². The van der Waals surface area contributed by atoms with Crippen molar-refractivity contribution in [2.45, 2.75) is 57.8 Å². The number of hydrogen-bond donors (Lipinski definition) is 0. The third kappa shape index (κ3) is 4.78. The summed E-state index contributed by atoms with van der Waals surface area (Å²) >= 11 is 0. The van der Waals surface area contributed by atoms with Crippen molar-refractivity contribution in [3.63, 3.8) is 0 Å². The highest BCUT2D eigenvalue weighted by atomic mass is 15.0. The summed E-state index contributed by atoms with van der Waals surface area (Å²) in [6.07, 6.45) is 0. The van der Waals surface area contributed by atoms with E-state index in [1.807, 2.05) is 18.2 Å². The lowest BCUT2D eigenvalue weighted by molar-refractivity contribution is 0.301. The van der Waals surface area contributed by atoms with Crippen molar-refractivity contribution < 1.29 is 0 Å². The quantitative estimate of drug-likeness (QED) is 0.180. The highest BCUT2D eigenvalue weighted by Crippen LogP contribution is 2.57. The molecule has 4 nitrogen and oxygen atoms in total. The molecule has 0 bridgehead atoms. The van der Waals surface area contributed by atoms with Crippen LogP contribution in [0.1, 0.15) is 63.8 Å². The molecule has 2 aromatic heterocycles. The van der Waals surface area contributed by atoms with Crippen molar-refractivity contribution in [3.8, 4) is 62.1 Å². The van der Waals surface area contributed by atoms with E-state index in [1.165, 1.54) is 66.3 Å². The van der Waals surface area contributed by atoms with Crippen LogP contribution in [0, 0.1) is 0 Å². The molecule has 2 heterocycles. The molecule has 0 saturated heterocycles. The zero-order valence-corrected chi connectivity index (χ0v) is 33.8. The first-order valence-electron chi connectivity index (χ1n) is 20.4. The molecule has 0 atom stereocenters. The number of rotatable bonds is 4. The van der Waals surface area contributed by atoms with Crippen LogP contribution >= 0.6 is 0 Å². The van der Waals surface area contributed by atoms with Gasteiger partial charge < -0.3 is 4.57 Å². The van der Waals surface area contributed by atoms with Gasteiger partial charge in [-0.3, -0.25) is 0 Å². The minimum atomic E-state index is -0.141. The second-order valence-electron chi connectivity index (χ2n) is 17.7. The number of hydrogen-bond acceptors (Lipinski definition) is 3. The zero-order chi connectivity index (χ0) is 39.6. The van der Waals surface area contributed by atoms with Crippen LogP contribution in [0.4, 0.5) is 0 Å². The van der Waals surface area contributed by atoms with E-state index >= 15 is 0 Å². The van der Waals surface area contributed by atoms with E-state index in [-0.39, 0.29) is 16.2 Å². The first kappa shape index (κ1) is 34.6. The molecule has 9 aromatic rings. The third-order valence-electron chi connectivity index (χ3n) is 13.8. The predicted octanol–water partition coefficient (Wildman–Crippen LogP) is 13.5. The van der Waals surface area contributed by atoms with Gasteiger partial charge >= 0.3 is 0 Å². The summed E-state index contributed by atoms with van der Waals surface area (Å²) in [7, 11) is 0. The Balaban J connectivity index is 1.10. The van der Waals surface area contributed by atoms with Crippen LogP contribution in [0.3, 0.4) is 0 Å². The topological polar surface area (TPSA) is 43.6 Å². The zero-order valence-electron chi connectivity index (χ0n) is 33.8. The Morgan fingerprint density at radius 2 is 0.966 bits per heavy atom. The van der Waals surface area contributed by atoms with Crippen molar-refractivity contribution in [2.75, 3.05) is 0 Å². The number of nitrogens with zero attached hydrogens (tertiary/aromatic N) is 4. The number of aromatic nitrogens is 4. The molecule has 280 valence electrons. The first-order chi connectivity index (χ1) is 28.0. The van der Waals surface area contributed by atoms with E-state index in [9.17, 15) is 0 Å². The predicted molar refractivity (Wildman–Crippen MR) is 240 cm³/mol. The fourth-order valence-electron chi connectivity index (χ4n) is 10.1. The highest BCUT2D eigenvalue weighted by molar-refractivity contribution is 6.13. The van der Waals surface area contributed by atoms with Crippen molar-refractivity contribution in [3.05, 3.63) is 180 Å². The van der Waals surface area contributed by atoms with Crippen LogP contribution in [-0.4, -0.2) is 19.5 Å². The van der Waals surface area contributed by atoms with E-state index in [2.05, 4.69) is 186 Å². The summed E-state index contributed by atoms with van der Waals surface area (Å²) in [5, 5.41) is 2.58. The maximum absolute atomic E-state index is 5.25. The summed E-state index contributed by atoms with van der Waals surface area (Å²) in [5.74, 6) is 1.96. The molecule has 0 N–H and O–H groups in total. The van der Waals surface area contributed by atoms with E-state index in [0.717, 1.165) is 22.4 Å². The SMILES string of the molecule is CC1(C)c2ccccc2-c2ccc(-c3nc(-c4ccccc4)nc(-c4cccc(-n5c6ccccc6c6c7c(ccc65)-c5ccccc5C(C)(C)C7(C)C)c4)n3)cc21. The molecule has 2 aliphatic carbocycles. The number of fused-ring (bicyclic) bond motifs is 10. The lowest BCUT2D eigenvalue weighted by Crippen LogP contribution is -2.43. The summed E-state index contributed by atoms with van der Waals surface area (Å²) in [4.78, 5) is 15.5. The molecule has 4 heteroatoms. The molecule has 0 fully saturated rings. The number of benzene rings is 7. The lowest BCUT2D eigenvalue weighted by atomic mass is 9.55. The molecule has 0 aliphatic heterocycles. The first-order valence-corrected chi connectivity index (χ1v) is 20.4. The Hall–Kier alpha value is -6.65. The van der Waals surface area contributed by atoms with Gasteiger partial charge in [0.15, 0.2) is 17.5 Å². The van der Waals surface area contributed by atoms with Crippen LogP contribution in [0.15, 0.2) is 158 Å². The Bertz CT molecular complexity index is 3150. The second-order valence-corrected chi connectivity index (χ2v) is 17.7. The van der Waals surface area contributed by atoms with Gasteiger partial charge in [-0.05, 0) is 80.3 Å². The minimum absolute atomic E-state index is 0.0839. The Labute approximate surface area is 339 Å². The third-order valence-corrected chi connectivity index (χ3v) is 13.8. The molecule has 2 aliphatic rings. The van der Waals surface area contributed by atoms with Crippen LogP contribution in [-0.2, 0) is 16.2 Å². The van der Waals surface area contributed by atoms with Gasteiger partial charge in [-0.15, -0.1) is 0 Å². The normalized spacial score (nSPS) is 15.5. The maximum Gasteiger partial charge on any atom is 0.164 e. The van der Waals surface area contributed by atoms with E-state index in [0.29, 0.717) is 17.5 Å². The molecule has 11 rings (SSSR count). The molecular formula is C54H44N4. The van der Waals surface area contributed by atoms with Crippen molar-refractivity contribution >= 4 is 21.8 Å². The average molecular weight is 749 g/mol. The summed E-state index contributed by atoms with van der Waals surface area (Å²) < 4.78 is 2.43. The summed E-state index contributed by atoms with van der Waals surface area (Å²) in [5.41, 5.74) is 16.7. The van der Waals surface area contributed by atoms with Crippen molar-refractivity contribution in [1.29, 1.82) is 0 Å². The largest absolute Gasteiger partial charge is 0.309 e. The van der Waals surface area contributed by atoms with Crippen LogP contribution in [0.25, 0.3) is 83.9 Å². The Morgan fingerprint density at radius 1 is 0.397 bits per heavy atom.